The van der Waals surface area contributed by atoms with E-state index in [1.165, 1.54) is 6.20 Å². The zero-order chi connectivity index (χ0) is 18.5. The highest BCUT2D eigenvalue weighted by molar-refractivity contribution is 6.05. The van der Waals surface area contributed by atoms with Gasteiger partial charge in [0.1, 0.15) is 0 Å². The van der Waals surface area contributed by atoms with E-state index in [9.17, 15) is 4.79 Å². The second kappa shape index (κ2) is 7.49. The lowest BCUT2D eigenvalue weighted by molar-refractivity contribution is 0.102. The molecule has 2 N–H and O–H groups in total. The third-order valence-electron chi connectivity index (χ3n) is 3.93. The quantitative estimate of drug-likeness (QED) is 0.728. The molecule has 128 valence electrons. The molecule has 0 radical (unpaired) electrons. The highest BCUT2D eigenvalue weighted by atomic mass is 16.1. The fourth-order valence-corrected chi connectivity index (χ4v) is 2.58. The molecule has 0 aliphatic rings. The second-order valence-electron chi connectivity index (χ2n) is 6.05. The largest absolute Gasteiger partial charge is 0.354 e. The van der Waals surface area contributed by atoms with Gasteiger partial charge in [-0.05, 0) is 55.8 Å². The van der Waals surface area contributed by atoms with E-state index in [0.29, 0.717) is 16.8 Å². The lowest BCUT2D eigenvalue weighted by atomic mass is 10.1. The smallest absolute Gasteiger partial charge is 0.257 e. The van der Waals surface area contributed by atoms with E-state index in [0.717, 1.165) is 22.5 Å². The van der Waals surface area contributed by atoms with Crippen LogP contribution in [0, 0.1) is 25.2 Å². The maximum Gasteiger partial charge on any atom is 0.257 e. The van der Waals surface area contributed by atoms with Gasteiger partial charge in [0.2, 0.25) is 0 Å². The molecular formula is C21H18N4O. The minimum absolute atomic E-state index is 0.215. The molecule has 0 unspecified atom stereocenters. The van der Waals surface area contributed by atoms with Crippen LogP contribution >= 0.6 is 0 Å². The number of anilines is 3. The molecule has 0 saturated heterocycles. The number of benzene rings is 2. The van der Waals surface area contributed by atoms with Crippen LogP contribution in [0.4, 0.5) is 17.1 Å². The molecule has 0 aliphatic carbocycles. The van der Waals surface area contributed by atoms with E-state index >= 15 is 0 Å². The number of hydrogen-bond donors (Lipinski definition) is 2. The first kappa shape index (κ1) is 17.2. The van der Waals surface area contributed by atoms with Gasteiger partial charge in [-0.3, -0.25) is 9.78 Å². The Hall–Kier alpha value is -3.65. The van der Waals surface area contributed by atoms with Crippen molar-refractivity contribution >= 4 is 23.0 Å². The number of carbonyl (C=O) groups excluding carboxylic acids is 1. The molecule has 3 rings (SSSR count). The number of hydrogen-bond acceptors (Lipinski definition) is 4. The number of amides is 1. The number of rotatable bonds is 4. The van der Waals surface area contributed by atoms with Crippen LogP contribution in [0.5, 0.6) is 0 Å². The van der Waals surface area contributed by atoms with Crippen molar-refractivity contribution in [3.8, 4) is 6.07 Å². The van der Waals surface area contributed by atoms with Crippen molar-refractivity contribution in [2.75, 3.05) is 10.6 Å². The number of aryl methyl sites for hydroxylation is 2. The molecule has 5 nitrogen and oxygen atoms in total. The van der Waals surface area contributed by atoms with Crippen molar-refractivity contribution in [3.05, 3.63) is 83.2 Å². The first-order chi connectivity index (χ1) is 12.5. The van der Waals surface area contributed by atoms with Crippen LogP contribution < -0.4 is 10.6 Å². The first-order valence-corrected chi connectivity index (χ1v) is 8.16. The number of nitrogens with zero attached hydrogens (tertiary/aromatic N) is 2. The lowest BCUT2D eigenvalue weighted by Gasteiger charge is -2.11. The van der Waals surface area contributed by atoms with E-state index in [1.807, 2.05) is 32.0 Å². The highest BCUT2D eigenvalue weighted by Crippen LogP contribution is 2.20. The second-order valence-corrected chi connectivity index (χ2v) is 6.05. The van der Waals surface area contributed by atoms with Crippen LogP contribution in [0.3, 0.4) is 0 Å². The summed E-state index contributed by atoms with van der Waals surface area (Å²) in [7, 11) is 0. The third kappa shape index (κ3) is 4.05. The summed E-state index contributed by atoms with van der Waals surface area (Å²) in [5, 5.41) is 14.9. The van der Waals surface area contributed by atoms with Gasteiger partial charge in [0, 0.05) is 17.6 Å². The van der Waals surface area contributed by atoms with Crippen molar-refractivity contribution < 1.29 is 4.79 Å². The Balaban J connectivity index is 1.75. The highest BCUT2D eigenvalue weighted by Gasteiger charge is 2.09. The average Bonchev–Trinajstić information content (AvgIpc) is 2.65. The summed E-state index contributed by atoms with van der Waals surface area (Å²) >= 11 is 0. The monoisotopic (exact) mass is 342 g/mol. The van der Waals surface area contributed by atoms with Crippen molar-refractivity contribution in [2.45, 2.75) is 13.8 Å². The molecule has 1 aromatic heterocycles. The van der Waals surface area contributed by atoms with E-state index in [-0.39, 0.29) is 5.91 Å². The molecule has 26 heavy (non-hydrogen) atoms. The molecule has 0 spiro atoms. The molecule has 0 aliphatic heterocycles. The molecule has 5 heteroatoms. The van der Waals surface area contributed by atoms with E-state index < -0.39 is 0 Å². The number of nitrogens with one attached hydrogen (secondary N) is 2. The topological polar surface area (TPSA) is 77.8 Å². The average molecular weight is 342 g/mol. The Morgan fingerprint density at radius 2 is 1.77 bits per heavy atom. The number of carbonyl (C=O) groups is 1. The summed E-state index contributed by atoms with van der Waals surface area (Å²) in [6, 6.07) is 16.8. The summed E-state index contributed by atoms with van der Waals surface area (Å²) in [6.45, 7) is 3.98. The van der Waals surface area contributed by atoms with E-state index in [1.54, 1.807) is 36.5 Å². The van der Waals surface area contributed by atoms with Crippen LogP contribution in [0.15, 0.2) is 60.9 Å². The van der Waals surface area contributed by atoms with E-state index in [2.05, 4.69) is 21.7 Å². The van der Waals surface area contributed by atoms with Gasteiger partial charge in [0.05, 0.1) is 29.1 Å². The van der Waals surface area contributed by atoms with Gasteiger partial charge in [0.15, 0.2) is 0 Å². The minimum Gasteiger partial charge on any atom is -0.354 e. The van der Waals surface area contributed by atoms with Gasteiger partial charge < -0.3 is 10.6 Å². The Morgan fingerprint density at radius 1 is 1.00 bits per heavy atom. The molecule has 1 amide bonds. The van der Waals surface area contributed by atoms with Gasteiger partial charge in [-0.15, -0.1) is 0 Å². The molecule has 0 bridgehead atoms. The first-order valence-electron chi connectivity index (χ1n) is 8.16. The predicted octanol–water partition coefficient (Wildman–Crippen LogP) is 4.57. The predicted molar refractivity (Wildman–Crippen MR) is 103 cm³/mol. The number of nitriles is 1. The van der Waals surface area contributed by atoms with Gasteiger partial charge in [-0.25, -0.2) is 0 Å². The maximum atomic E-state index is 12.5. The molecular weight excluding hydrogens is 324 g/mol. The molecule has 0 fully saturated rings. The summed E-state index contributed by atoms with van der Waals surface area (Å²) in [5.74, 6) is -0.215. The van der Waals surface area contributed by atoms with Crippen LogP contribution in [0.2, 0.25) is 0 Å². The van der Waals surface area contributed by atoms with Crippen LogP contribution in [0.25, 0.3) is 0 Å². The number of aromatic nitrogens is 1. The van der Waals surface area contributed by atoms with E-state index in [4.69, 9.17) is 5.26 Å². The Labute approximate surface area is 152 Å². The summed E-state index contributed by atoms with van der Waals surface area (Å²) in [6.07, 6.45) is 3.18. The zero-order valence-electron chi connectivity index (χ0n) is 14.6. The lowest BCUT2D eigenvalue weighted by Crippen LogP contribution is -2.13. The fraction of sp³-hybridized carbons (Fsp3) is 0.0952. The molecule has 2 aromatic carbocycles. The van der Waals surface area contributed by atoms with Crippen LogP contribution in [-0.4, -0.2) is 10.9 Å². The summed E-state index contributed by atoms with van der Waals surface area (Å²) in [4.78, 5) is 16.7. The summed E-state index contributed by atoms with van der Waals surface area (Å²) < 4.78 is 0. The summed E-state index contributed by atoms with van der Waals surface area (Å²) in [5.41, 5.74) is 5.51. The van der Waals surface area contributed by atoms with Gasteiger partial charge in [-0.2, -0.15) is 5.26 Å². The van der Waals surface area contributed by atoms with Gasteiger partial charge >= 0.3 is 0 Å². The van der Waals surface area contributed by atoms with Crippen molar-refractivity contribution in [3.63, 3.8) is 0 Å². The SMILES string of the molecule is Cc1ccc(NC(=O)c2cncc(Nc3ccc(C#N)cc3)c2)c(C)c1. The molecule has 3 aromatic rings. The molecule has 0 saturated carbocycles. The third-order valence-corrected chi connectivity index (χ3v) is 3.93. The van der Waals surface area contributed by atoms with Crippen molar-refractivity contribution in [2.24, 2.45) is 0 Å². The Bertz CT molecular complexity index is 988. The standard InChI is InChI=1S/C21H18N4O/c1-14-3-8-20(15(2)9-14)25-21(26)17-10-19(13-23-12-17)24-18-6-4-16(11-22)5-7-18/h3-10,12-13,24H,1-2H3,(H,25,26). The molecule has 0 atom stereocenters. The van der Waals surface area contributed by atoms with Crippen molar-refractivity contribution in [1.82, 2.24) is 4.98 Å². The Morgan fingerprint density at radius 3 is 2.46 bits per heavy atom. The normalized spacial score (nSPS) is 10.0. The van der Waals surface area contributed by atoms with Gasteiger partial charge in [-0.1, -0.05) is 17.7 Å². The fourth-order valence-electron chi connectivity index (χ4n) is 2.58. The van der Waals surface area contributed by atoms with Crippen LogP contribution in [0.1, 0.15) is 27.0 Å². The number of pyridine rings is 1. The van der Waals surface area contributed by atoms with Crippen molar-refractivity contribution in [1.29, 1.82) is 5.26 Å². The van der Waals surface area contributed by atoms with Gasteiger partial charge in [0.25, 0.3) is 5.91 Å². The minimum atomic E-state index is -0.215. The zero-order valence-corrected chi connectivity index (χ0v) is 14.6. The van der Waals surface area contributed by atoms with Crippen LogP contribution in [-0.2, 0) is 0 Å². The maximum absolute atomic E-state index is 12.5. The molecule has 1 heterocycles. The Kier molecular flexibility index (Phi) is 4.95.